The Morgan fingerprint density at radius 1 is 1.19 bits per heavy atom. The highest BCUT2D eigenvalue weighted by Gasteiger charge is 2.29. The summed E-state index contributed by atoms with van der Waals surface area (Å²) in [5, 5.41) is 12.7. The van der Waals surface area contributed by atoms with Gasteiger partial charge in [0.2, 0.25) is 5.91 Å². The summed E-state index contributed by atoms with van der Waals surface area (Å²) in [6.45, 7) is -0.248. The zero-order valence-corrected chi connectivity index (χ0v) is 15.2. The first-order valence-corrected chi connectivity index (χ1v) is 8.84. The summed E-state index contributed by atoms with van der Waals surface area (Å²) >= 11 is 6.07. The van der Waals surface area contributed by atoms with Crippen molar-refractivity contribution in [2.75, 3.05) is 5.32 Å². The van der Waals surface area contributed by atoms with Crippen molar-refractivity contribution in [3.8, 4) is 0 Å². The Morgan fingerprint density at radius 3 is 2.67 bits per heavy atom. The summed E-state index contributed by atoms with van der Waals surface area (Å²) in [6, 6.07) is 7.78. The van der Waals surface area contributed by atoms with Crippen molar-refractivity contribution in [1.29, 1.82) is 0 Å². The van der Waals surface area contributed by atoms with Crippen LogP contribution in [0.5, 0.6) is 0 Å². The summed E-state index contributed by atoms with van der Waals surface area (Å²) in [6.07, 6.45) is 2.00. The van der Waals surface area contributed by atoms with Crippen molar-refractivity contribution >= 4 is 34.1 Å². The minimum absolute atomic E-state index is 0.227. The molecule has 9 heteroatoms. The van der Waals surface area contributed by atoms with Crippen LogP contribution in [0.3, 0.4) is 0 Å². The number of rotatable bonds is 4. The number of hydrogen-bond acceptors (Lipinski definition) is 5. The molecule has 0 atom stereocenters. The molecule has 0 aliphatic heterocycles. The highest BCUT2D eigenvalue weighted by Crippen LogP contribution is 2.41. The number of nitrogens with one attached hydrogen (secondary N) is 1. The number of amides is 1. The third-order valence-electron chi connectivity index (χ3n) is 4.44. The normalized spacial score (nSPS) is 13.7. The van der Waals surface area contributed by atoms with Crippen molar-refractivity contribution in [1.82, 2.24) is 19.6 Å². The molecule has 1 N–H and O–H groups in total. The lowest BCUT2D eigenvalue weighted by Gasteiger charge is -2.11. The number of aryl methyl sites for hydroxylation is 1. The average molecular weight is 386 g/mol. The van der Waals surface area contributed by atoms with Gasteiger partial charge in [-0.3, -0.25) is 14.4 Å². The number of carbonyl (C=O) groups excluding carboxylic acids is 1. The van der Waals surface area contributed by atoms with Gasteiger partial charge in [0.15, 0.2) is 5.82 Å². The molecule has 2 aromatic heterocycles. The van der Waals surface area contributed by atoms with Crippen LogP contribution >= 0.6 is 11.6 Å². The van der Waals surface area contributed by atoms with Gasteiger partial charge in [0.1, 0.15) is 6.54 Å². The van der Waals surface area contributed by atoms with E-state index in [2.05, 4.69) is 15.5 Å². The largest absolute Gasteiger partial charge is 0.308 e. The summed E-state index contributed by atoms with van der Waals surface area (Å²) in [5.41, 5.74) is 0.155. The lowest BCUT2D eigenvalue weighted by molar-refractivity contribution is -0.117. The second-order valence-corrected chi connectivity index (χ2v) is 6.98. The van der Waals surface area contributed by atoms with Gasteiger partial charge in [-0.2, -0.15) is 10.2 Å². The number of nitrogens with zero attached hydrogens (tertiary/aromatic N) is 4. The van der Waals surface area contributed by atoms with Gasteiger partial charge < -0.3 is 5.32 Å². The molecule has 8 nitrogen and oxygen atoms in total. The molecule has 1 saturated carbocycles. The molecule has 0 radical (unpaired) electrons. The molecule has 3 aromatic rings. The molecule has 138 valence electrons. The molecule has 0 bridgehead atoms. The number of fused-ring (bicyclic) bond motifs is 1. The molecular formula is C18H16ClN5O3. The van der Waals surface area contributed by atoms with E-state index in [1.165, 1.54) is 23.9 Å². The number of hydrogen-bond donors (Lipinski definition) is 1. The quantitative estimate of drug-likeness (QED) is 0.736. The lowest BCUT2D eigenvalue weighted by Crippen LogP contribution is -2.31. The topological polar surface area (TPSA) is 98.9 Å². The van der Waals surface area contributed by atoms with Gasteiger partial charge in [-0.25, -0.2) is 9.36 Å². The first-order valence-electron chi connectivity index (χ1n) is 8.47. The molecule has 1 aliphatic carbocycles. The van der Waals surface area contributed by atoms with E-state index >= 15 is 0 Å². The van der Waals surface area contributed by atoms with Crippen LogP contribution in [0.2, 0.25) is 5.02 Å². The van der Waals surface area contributed by atoms with E-state index in [1.807, 2.05) is 0 Å². The van der Waals surface area contributed by atoms with E-state index in [-0.39, 0.29) is 29.4 Å². The van der Waals surface area contributed by atoms with E-state index in [4.69, 9.17) is 11.6 Å². The van der Waals surface area contributed by atoms with Gasteiger partial charge in [0.05, 0.1) is 11.1 Å². The van der Waals surface area contributed by atoms with Gasteiger partial charge in [-0.1, -0.05) is 11.6 Å². The Bertz CT molecular complexity index is 1180. The van der Waals surface area contributed by atoms with Crippen LogP contribution in [-0.2, 0) is 18.4 Å². The molecule has 1 aromatic carbocycles. The molecule has 27 heavy (non-hydrogen) atoms. The van der Waals surface area contributed by atoms with Crippen LogP contribution in [0.25, 0.3) is 10.8 Å². The second kappa shape index (κ2) is 6.62. The molecule has 0 unspecified atom stereocenters. The Hall–Kier alpha value is -3.00. The molecule has 1 amide bonds. The number of halogens is 1. The molecule has 1 fully saturated rings. The summed E-state index contributed by atoms with van der Waals surface area (Å²) < 4.78 is 2.28. The smallest absolute Gasteiger partial charge is 0.275 e. The third-order valence-corrected chi connectivity index (χ3v) is 4.67. The van der Waals surface area contributed by atoms with Crippen molar-refractivity contribution in [2.45, 2.75) is 25.3 Å². The van der Waals surface area contributed by atoms with Crippen molar-refractivity contribution in [3.63, 3.8) is 0 Å². The zero-order chi connectivity index (χ0) is 19.1. The van der Waals surface area contributed by atoms with Crippen LogP contribution < -0.4 is 16.4 Å². The van der Waals surface area contributed by atoms with E-state index in [0.29, 0.717) is 10.4 Å². The maximum absolute atomic E-state index is 12.7. The summed E-state index contributed by atoms with van der Waals surface area (Å²) in [7, 11) is 1.49. The van der Waals surface area contributed by atoms with Crippen LogP contribution in [0.15, 0.2) is 39.9 Å². The highest BCUT2D eigenvalue weighted by molar-refractivity contribution is 6.31. The van der Waals surface area contributed by atoms with Crippen molar-refractivity contribution < 1.29 is 4.79 Å². The first kappa shape index (κ1) is 17.4. The maximum Gasteiger partial charge on any atom is 0.275 e. The van der Waals surface area contributed by atoms with E-state index in [0.717, 1.165) is 28.6 Å². The van der Waals surface area contributed by atoms with Crippen LogP contribution in [0.4, 0.5) is 5.82 Å². The monoisotopic (exact) mass is 385 g/mol. The predicted molar refractivity (Wildman–Crippen MR) is 101 cm³/mol. The van der Waals surface area contributed by atoms with E-state index < -0.39 is 5.91 Å². The predicted octanol–water partition coefficient (Wildman–Crippen LogP) is 1.66. The fourth-order valence-electron chi connectivity index (χ4n) is 2.94. The summed E-state index contributed by atoms with van der Waals surface area (Å²) in [5.74, 6) is 0.0575. The lowest BCUT2D eigenvalue weighted by atomic mass is 10.1. The fourth-order valence-corrected chi connectivity index (χ4v) is 3.11. The summed E-state index contributed by atoms with van der Waals surface area (Å²) in [4.78, 5) is 36.5. The molecule has 1 aliphatic rings. The maximum atomic E-state index is 12.7. The molecule has 0 saturated heterocycles. The second-order valence-electron chi connectivity index (χ2n) is 6.54. The molecular weight excluding hydrogens is 370 g/mol. The number of carbonyl (C=O) groups is 1. The van der Waals surface area contributed by atoms with Crippen LogP contribution in [0.1, 0.15) is 24.5 Å². The molecule has 2 heterocycles. The fraction of sp³-hybridized carbons (Fsp3) is 0.278. The van der Waals surface area contributed by atoms with Gasteiger partial charge in [-0.15, -0.1) is 0 Å². The third kappa shape index (κ3) is 3.48. The van der Waals surface area contributed by atoms with Gasteiger partial charge >= 0.3 is 0 Å². The number of aromatic nitrogens is 4. The minimum Gasteiger partial charge on any atom is -0.308 e. The molecule has 0 spiro atoms. The van der Waals surface area contributed by atoms with Crippen LogP contribution in [-0.4, -0.2) is 25.5 Å². The Morgan fingerprint density at radius 2 is 1.96 bits per heavy atom. The number of anilines is 1. The standard InChI is InChI=1S/C18H16ClN5O3/c1-23-16(26)7-6-14(21-23)20-15(25)9-24-18(27)12-5-4-11(19)8-13(12)17(22-24)10-2-3-10/h4-8,10H,2-3,9H2,1H3,(H,20,21,25). The zero-order valence-electron chi connectivity index (χ0n) is 14.5. The Labute approximate surface area is 158 Å². The van der Waals surface area contributed by atoms with Gasteiger partial charge in [0, 0.05) is 29.4 Å². The minimum atomic E-state index is -0.453. The van der Waals surface area contributed by atoms with Gasteiger partial charge in [0.25, 0.3) is 11.1 Å². The van der Waals surface area contributed by atoms with Crippen molar-refractivity contribution in [3.05, 3.63) is 61.8 Å². The van der Waals surface area contributed by atoms with E-state index in [1.54, 1.807) is 18.2 Å². The first-order chi connectivity index (χ1) is 12.9. The number of benzene rings is 1. The van der Waals surface area contributed by atoms with E-state index in [9.17, 15) is 14.4 Å². The Kier molecular flexibility index (Phi) is 4.27. The van der Waals surface area contributed by atoms with Crippen molar-refractivity contribution in [2.24, 2.45) is 7.05 Å². The SMILES string of the molecule is Cn1nc(NC(=O)Cn2nc(C3CC3)c3cc(Cl)ccc3c2=O)ccc1=O. The Balaban J connectivity index is 1.67. The van der Waals surface area contributed by atoms with Crippen LogP contribution in [0, 0.1) is 0 Å². The molecule has 4 rings (SSSR count). The highest BCUT2D eigenvalue weighted by atomic mass is 35.5. The van der Waals surface area contributed by atoms with Gasteiger partial charge in [-0.05, 0) is 37.1 Å². The average Bonchev–Trinajstić information content (AvgIpc) is 3.45.